The standard InChI is InChI=1S/C26H20ClNO6/c1-34-26(33)17-7-5-15(6-8-17)13-28-23(25(31)32)22(18-4-2-3-16(11-18)14-29)21-12-19(27)9-10-20(21)24(28)30/h2-12,29H,13-14H2,1H3,(H,31,32). The van der Waals surface area contributed by atoms with E-state index in [0.717, 1.165) is 0 Å². The molecule has 0 radical (unpaired) electrons. The van der Waals surface area contributed by atoms with E-state index in [-0.39, 0.29) is 18.8 Å². The number of carboxylic acids is 1. The van der Waals surface area contributed by atoms with Crippen molar-refractivity contribution in [1.82, 2.24) is 4.57 Å². The van der Waals surface area contributed by atoms with Gasteiger partial charge in [0.05, 0.1) is 25.8 Å². The highest BCUT2D eigenvalue weighted by atomic mass is 35.5. The molecule has 0 aliphatic carbocycles. The fourth-order valence-corrected chi connectivity index (χ4v) is 4.13. The Kier molecular flexibility index (Phi) is 6.49. The number of hydrogen-bond donors (Lipinski definition) is 2. The number of carbonyl (C=O) groups excluding carboxylic acids is 1. The molecule has 3 aromatic carbocycles. The van der Waals surface area contributed by atoms with E-state index in [1.165, 1.54) is 11.7 Å². The molecular formula is C26H20ClNO6. The van der Waals surface area contributed by atoms with Gasteiger partial charge in [0.15, 0.2) is 0 Å². The summed E-state index contributed by atoms with van der Waals surface area (Å²) in [5.74, 6) is -1.78. The van der Waals surface area contributed by atoms with Gasteiger partial charge < -0.3 is 14.9 Å². The Bertz CT molecular complexity index is 1470. The summed E-state index contributed by atoms with van der Waals surface area (Å²) in [6.07, 6.45) is 0. The lowest BCUT2D eigenvalue weighted by Crippen LogP contribution is -2.28. The number of ether oxygens (including phenoxy) is 1. The molecule has 0 aliphatic heterocycles. The van der Waals surface area contributed by atoms with Gasteiger partial charge in [0.25, 0.3) is 5.56 Å². The predicted octanol–water partition coefficient (Wildman–Crippen LogP) is 4.35. The lowest BCUT2D eigenvalue weighted by atomic mass is 9.95. The Hall–Kier alpha value is -3.94. The van der Waals surface area contributed by atoms with Gasteiger partial charge in [0.2, 0.25) is 0 Å². The minimum atomic E-state index is -1.28. The van der Waals surface area contributed by atoms with Crippen molar-refractivity contribution >= 4 is 34.3 Å². The van der Waals surface area contributed by atoms with Crippen LogP contribution in [0.3, 0.4) is 0 Å². The number of aromatic nitrogens is 1. The van der Waals surface area contributed by atoms with Crippen LogP contribution >= 0.6 is 11.6 Å². The Labute approximate surface area is 199 Å². The van der Waals surface area contributed by atoms with Crippen LogP contribution in [0.5, 0.6) is 0 Å². The van der Waals surface area contributed by atoms with Crippen molar-refractivity contribution in [1.29, 1.82) is 0 Å². The molecule has 0 amide bonds. The first-order chi connectivity index (χ1) is 16.3. The second kappa shape index (κ2) is 9.51. The smallest absolute Gasteiger partial charge is 0.353 e. The summed E-state index contributed by atoms with van der Waals surface area (Å²) in [7, 11) is 1.28. The van der Waals surface area contributed by atoms with Crippen molar-refractivity contribution in [2.24, 2.45) is 0 Å². The average molecular weight is 478 g/mol. The van der Waals surface area contributed by atoms with Gasteiger partial charge in [0, 0.05) is 16.0 Å². The van der Waals surface area contributed by atoms with E-state index in [1.807, 2.05) is 0 Å². The third kappa shape index (κ3) is 4.31. The number of rotatable bonds is 6. The van der Waals surface area contributed by atoms with Gasteiger partial charge in [0.1, 0.15) is 5.69 Å². The molecule has 0 saturated carbocycles. The van der Waals surface area contributed by atoms with E-state index in [4.69, 9.17) is 16.3 Å². The van der Waals surface area contributed by atoms with E-state index in [1.54, 1.807) is 66.7 Å². The number of benzene rings is 3. The van der Waals surface area contributed by atoms with E-state index < -0.39 is 17.5 Å². The van der Waals surface area contributed by atoms with E-state index in [0.29, 0.717) is 43.6 Å². The number of halogens is 1. The molecule has 0 fully saturated rings. The van der Waals surface area contributed by atoms with Gasteiger partial charge in [-0.25, -0.2) is 9.59 Å². The molecule has 0 bridgehead atoms. The molecule has 4 rings (SSSR count). The van der Waals surface area contributed by atoms with Crippen LogP contribution in [-0.4, -0.2) is 33.8 Å². The highest BCUT2D eigenvalue weighted by Gasteiger charge is 2.23. The van der Waals surface area contributed by atoms with Gasteiger partial charge in [-0.15, -0.1) is 0 Å². The summed E-state index contributed by atoms with van der Waals surface area (Å²) >= 11 is 6.21. The molecule has 8 heteroatoms. The summed E-state index contributed by atoms with van der Waals surface area (Å²) in [6.45, 7) is -0.256. The SMILES string of the molecule is COC(=O)c1ccc(Cn2c(C(=O)O)c(-c3cccc(CO)c3)c3cc(Cl)ccc3c2=O)cc1. The molecule has 0 spiro atoms. The predicted molar refractivity (Wildman–Crippen MR) is 128 cm³/mol. The van der Waals surface area contributed by atoms with Gasteiger partial charge in [-0.05, 0) is 58.5 Å². The third-order valence-corrected chi connectivity index (χ3v) is 5.78. The zero-order valence-electron chi connectivity index (χ0n) is 18.1. The zero-order valence-corrected chi connectivity index (χ0v) is 18.9. The number of carbonyl (C=O) groups is 2. The lowest BCUT2D eigenvalue weighted by molar-refractivity contribution is 0.0599. The summed E-state index contributed by atoms with van der Waals surface area (Å²) in [4.78, 5) is 37.7. The maximum absolute atomic E-state index is 13.4. The van der Waals surface area contributed by atoms with E-state index >= 15 is 0 Å². The number of nitrogens with zero attached hydrogens (tertiary/aromatic N) is 1. The number of aromatic carboxylic acids is 1. The van der Waals surface area contributed by atoms with E-state index in [2.05, 4.69) is 0 Å². The molecule has 1 heterocycles. The van der Waals surface area contributed by atoms with Crippen LogP contribution in [0.1, 0.15) is 32.0 Å². The fraction of sp³-hybridized carbons (Fsp3) is 0.115. The van der Waals surface area contributed by atoms with Crippen LogP contribution in [0.2, 0.25) is 5.02 Å². The molecular weight excluding hydrogens is 458 g/mol. The van der Waals surface area contributed by atoms with Crippen molar-refractivity contribution in [2.75, 3.05) is 7.11 Å². The van der Waals surface area contributed by atoms with Crippen LogP contribution in [0, 0.1) is 0 Å². The van der Waals surface area contributed by atoms with E-state index in [9.17, 15) is 24.6 Å². The minimum Gasteiger partial charge on any atom is -0.477 e. The van der Waals surface area contributed by atoms with Gasteiger partial charge in [-0.3, -0.25) is 9.36 Å². The highest BCUT2D eigenvalue weighted by molar-refractivity contribution is 6.31. The molecule has 0 aliphatic rings. The lowest BCUT2D eigenvalue weighted by Gasteiger charge is -2.18. The molecule has 4 aromatic rings. The first-order valence-electron chi connectivity index (χ1n) is 10.3. The van der Waals surface area contributed by atoms with Crippen molar-refractivity contribution in [3.8, 4) is 11.1 Å². The molecule has 34 heavy (non-hydrogen) atoms. The zero-order chi connectivity index (χ0) is 24.4. The van der Waals surface area contributed by atoms with Crippen molar-refractivity contribution < 1.29 is 24.5 Å². The number of esters is 1. The Morgan fingerprint density at radius 3 is 2.35 bits per heavy atom. The number of hydrogen-bond acceptors (Lipinski definition) is 5. The Morgan fingerprint density at radius 1 is 0.971 bits per heavy atom. The van der Waals surface area contributed by atoms with Crippen LogP contribution < -0.4 is 5.56 Å². The third-order valence-electron chi connectivity index (χ3n) is 5.55. The van der Waals surface area contributed by atoms with Crippen molar-refractivity contribution in [2.45, 2.75) is 13.2 Å². The quantitative estimate of drug-likeness (QED) is 0.400. The molecule has 1 aromatic heterocycles. The number of carboxylic acid groups (broad SMARTS) is 1. The Balaban J connectivity index is 2.00. The van der Waals surface area contributed by atoms with Crippen LogP contribution in [0.25, 0.3) is 21.9 Å². The number of aliphatic hydroxyl groups is 1. The molecule has 0 saturated heterocycles. The number of aliphatic hydroxyl groups excluding tert-OH is 1. The number of methoxy groups -OCH3 is 1. The normalized spacial score (nSPS) is 10.9. The number of pyridine rings is 1. The topological polar surface area (TPSA) is 106 Å². The van der Waals surface area contributed by atoms with Gasteiger partial charge >= 0.3 is 11.9 Å². The maximum Gasteiger partial charge on any atom is 0.353 e. The summed E-state index contributed by atoms with van der Waals surface area (Å²) < 4.78 is 5.91. The maximum atomic E-state index is 13.4. The van der Waals surface area contributed by atoms with Crippen LogP contribution in [-0.2, 0) is 17.9 Å². The first-order valence-corrected chi connectivity index (χ1v) is 10.7. The molecule has 0 atom stereocenters. The first kappa shape index (κ1) is 23.2. The Morgan fingerprint density at radius 2 is 1.71 bits per heavy atom. The molecule has 2 N–H and O–H groups in total. The van der Waals surface area contributed by atoms with Crippen molar-refractivity contribution in [3.05, 3.63) is 104 Å². The van der Waals surface area contributed by atoms with Crippen LogP contribution in [0.4, 0.5) is 0 Å². The second-order valence-electron chi connectivity index (χ2n) is 7.66. The van der Waals surface area contributed by atoms with Gasteiger partial charge in [-0.1, -0.05) is 41.9 Å². The summed E-state index contributed by atoms with van der Waals surface area (Å²) in [5.41, 5.74) is 1.74. The molecule has 7 nitrogen and oxygen atoms in total. The fourth-order valence-electron chi connectivity index (χ4n) is 3.96. The van der Waals surface area contributed by atoms with Crippen molar-refractivity contribution in [3.63, 3.8) is 0 Å². The van der Waals surface area contributed by atoms with Gasteiger partial charge in [-0.2, -0.15) is 0 Å². The van der Waals surface area contributed by atoms with Crippen LogP contribution in [0.15, 0.2) is 71.5 Å². The molecule has 172 valence electrons. The minimum absolute atomic E-state index is 0.0345. The number of fused-ring (bicyclic) bond motifs is 1. The highest BCUT2D eigenvalue weighted by Crippen LogP contribution is 2.33. The summed E-state index contributed by atoms with van der Waals surface area (Å²) in [5, 5.41) is 20.9. The summed E-state index contributed by atoms with van der Waals surface area (Å²) in [6, 6.07) is 18.0. The largest absolute Gasteiger partial charge is 0.477 e. The molecule has 0 unspecified atom stereocenters. The monoisotopic (exact) mass is 477 g/mol. The average Bonchev–Trinajstić information content (AvgIpc) is 2.85. The second-order valence-corrected chi connectivity index (χ2v) is 8.09.